The maximum Gasteiger partial charge on any atom is 0.413 e. The molecule has 0 radical (unpaired) electrons. The van der Waals surface area contributed by atoms with E-state index in [0.717, 1.165) is 4.90 Å². The van der Waals surface area contributed by atoms with Crippen LogP contribution in [0.25, 0.3) is 0 Å². The molecular formula is C16H16N2O7. The molecule has 2 rings (SSSR count). The lowest BCUT2D eigenvalue weighted by atomic mass is 10.2. The number of esters is 1. The van der Waals surface area contributed by atoms with Gasteiger partial charge in [0.15, 0.2) is 6.61 Å². The number of carbonyl (C=O) groups is 5. The topological polar surface area (TPSA) is 119 Å². The van der Waals surface area contributed by atoms with Gasteiger partial charge in [-0.3, -0.25) is 24.6 Å². The zero-order valence-corrected chi connectivity index (χ0v) is 13.4. The van der Waals surface area contributed by atoms with Gasteiger partial charge in [-0.05, 0) is 25.1 Å². The number of alkyl carbamates (subject to hydrolysis) is 1. The third-order valence-corrected chi connectivity index (χ3v) is 3.24. The summed E-state index contributed by atoms with van der Waals surface area (Å²) in [5.74, 6) is -2.36. The highest BCUT2D eigenvalue weighted by Gasteiger charge is 2.30. The van der Waals surface area contributed by atoms with Gasteiger partial charge in [-0.25, -0.2) is 9.59 Å². The van der Waals surface area contributed by atoms with E-state index in [4.69, 9.17) is 4.74 Å². The van der Waals surface area contributed by atoms with E-state index in [1.54, 1.807) is 6.92 Å². The van der Waals surface area contributed by atoms with E-state index in [-0.39, 0.29) is 42.5 Å². The quantitative estimate of drug-likeness (QED) is 0.616. The van der Waals surface area contributed by atoms with Crippen molar-refractivity contribution in [3.05, 3.63) is 29.8 Å². The highest BCUT2D eigenvalue weighted by Crippen LogP contribution is 2.23. The molecule has 1 fully saturated rings. The number of hydrogen-bond acceptors (Lipinski definition) is 7. The van der Waals surface area contributed by atoms with Crippen molar-refractivity contribution in [2.75, 3.05) is 18.1 Å². The minimum atomic E-state index is -0.934. The van der Waals surface area contributed by atoms with Crippen molar-refractivity contribution in [1.82, 2.24) is 5.32 Å². The van der Waals surface area contributed by atoms with Crippen molar-refractivity contribution in [2.45, 2.75) is 19.8 Å². The number of benzene rings is 1. The number of imide groups is 2. The Balaban J connectivity index is 1.97. The Morgan fingerprint density at radius 1 is 1.12 bits per heavy atom. The summed E-state index contributed by atoms with van der Waals surface area (Å²) in [5, 5.41) is 1.88. The first kappa shape index (κ1) is 18.1. The Morgan fingerprint density at radius 2 is 1.80 bits per heavy atom. The normalized spacial score (nSPS) is 13.6. The average Bonchev–Trinajstić information content (AvgIpc) is 2.91. The van der Waals surface area contributed by atoms with Crippen LogP contribution in [0.2, 0.25) is 0 Å². The van der Waals surface area contributed by atoms with Gasteiger partial charge in [0.2, 0.25) is 11.8 Å². The van der Waals surface area contributed by atoms with Gasteiger partial charge in [0.05, 0.1) is 17.9 Å². The van der Waals surface area contributed by atoms with Crippen molar-refractivity contribution in [1.29, 1.82) is 0 Å². The summed E-state index contributed by atoms with van der Waals surface area (Å²) in [4.78, 5) is 58.9. The van der Waals surface area contributed by atoms with E-state index < -0.39 is 24.6 Å². The monoisotopic (exact) mass is 348 g/mol. The molecule has 1 aliphatic heterocycles. The summed E-state index contributed by atoms with van der Waals surface area (Å²) >= 11 is 0. The smallest absolute Gasteiger partial charge is 0.413 e. The number of ether oxygens (including phenoxy) is 2. The highest BCUT2D eigenvalue weighted by atomic mass is 16.6. The van der Waals surface area contributed by atoms with E-state index in [1.165, 1.54) is 24.3 Å². The Morgan fingerprint density at radius 3 is 2.44 bits per heavy atom. The molecule has 1 saturated heterocycles. The second kappa shape index (κ2) is 8.04. The first-order valence-electron chi connectivity index (χ1n) is 7.52. The van der Waals surface area contributed by atoms with Gasteiger partial charge < -0.3 is 9.47 Å². The first-order valence-corrected chi connectivity index (χ1v) is 7.52. The third-order valence-electron chi connectivity index (χ3n) is 3.24. The summed E-state index contributed by atoms with van der Waals surface area (Å²) in [6.45, 7) is 0.996. The van der Waals surface area contributed by atoms with Gasteiger partial charge in [-0.2, -0.15) is 0 Å². The molecule has 9 heteroatoms. The van der Waals surface area contributed by atoms with Crippen LogP contribution in [0, 0.1) is 0 Å². The van der Waals surface area contributed by atoms with Gasteiger partial charge in [0, 0.05) is 12.8 Å². The highest BCUT2D eigenvalue weighted by molar-refractivity contribution is 6.20. The molecule has 0 aliphatic carbocycles. The second-order valence-electron chi connectivity index (χ2n) is 5.02. The number of rotatable bonds is 5. The van der Waals surface area contributed by atoms with Crippen molar-refractivity contribution in [2.24, 2.45) is 0 Å². The number of carbonyl (C=O) groups excluding carboxylic acids is 5. The van der Waals surface area contributed by atoms with Crippen molar-refractivity contribution < 1.29 is 33.4 Å². The Labute approximate surface area is 142 Å². The standard InChI is InChI=1S/C16H16N2O7/c1-2-24-16(23)17-12(19)9-25-15(22)10-4-3-5-11(8-10)18-13(20)6-7-14(18)21/h3-5,8H,2,6-7,9H2,1H3,(H,17,19,23). The predicted molar refractivity (Wildman–Crippen MR) is 83.6 cm³/mol. The lowest BCUT2D eigenvalue weighted by molar-refractivity contribution is -0.123. The zero-order valence-electron chi connectivity index (χ0n) is 13.4. The summed E-state index contributed by atoms with van der Waals surface area (Å²) in [6.07, 6.45) is -0.681. The van der Waals surface area contributed by atoms with Gasteiger partial charge in [0.25, 0.3) is 5.91 Å². The molecule has 0 saturated carbocycles. The summed E-state index contributed by atoms with van der Waals surface area (Å²) in [5.41, 5.74) is 0.326. The predicted octanol–water partition coefficient (Wildman–Crippen LogP) is 0.769. The molecule has 4 amide bonds. The van der Waals surface area contributed by atoms with E-state index in [0.29, 0.717) is 0 Å². The molecule has 0 unspecified atom stereocenters. The van der Waals surface area contributed by atoms with Crippen LogP contribution in [0.3, 0.4) is 0 Å². The number of amides is 4. The van der Waals surface area contributed by atoms with Crippen LogP contribution in [-0.2, 0) is 23.9 Å². The van der Waals surface area contributed by atoms with E-state index in [2.05, 4.69) is 4.74 Å². The van der Waals surface area contributed by atoms with Crippen LogP contribution in [0.5, 0.6) is 0 Å². The number of anilines is 1. The van der Waals surface area contributed by atoms with Gasteiger partial charge in [-0.15, -0.1) is 0 Å². The fraction of sp³-hybridized carbons (Fsp3) is 0.312. The minimum Gasteiger partial charge on any atom is -0.452 e. The zero-order chi connectivity index (χ0) is 18.4. The molecular weight excluding hydrogens is 332 g/mol. The summed E-state index contributed by atoms with van der Waals surface area (Å²) in [6, 6.07) is 5.75. The maximum atomic E-state index is 12.0. The molecule has 1 aromatic rings. The second-order valence-corrected chi connectivity index (χ2v) is 5.02. The molecule has 0 spiro atoms. The van der Waals surface area contributed by atoms with Gasteiger partial charge in [-0.1, -0.05) is 6.07 Å². The Kier molecular flexibility index (Phi) is 5.83. The molecule has 0 atom stereocenters. The van der Waals surface area contributed by atoms with Crippen molar-refractivity contribution in [3.63, 3.8) is 0 Å². The molecule has 1 aromatic carbocycles. The number of nitrogens with zero attached hydrogens (tertiary/aromatic N) is 1. The largest absolute Gasteiger partial charge is 0.452 e. The molecule has 25 heavy (non-hydrogen) atoms. The van der Waals surface area contributed by atoms with Crippen LogP contribution < -0.4 is 10.2 Å². The van der Waals surface area contributed by atoms with Gasteiger partial charge in [0.1, 0.15) is 0 Å². The average molecular weight is 348 g/mol. The SMILES string of the molecule is CCOC(=O)NC(=O)COC(=O)c1cccc(N2C(=O)CCC2=O)c1. The lowest BCUT2D eigenvalue weighted by Gasteiger charge is -2.14. The molecule has 1 aliphatic rings. The van der Waals surface area contributed by atoms with Crippen molar-refractivity contribution >= 4 is 35.5 Å². The molecule has 1 N–H and O–H groups in total. The van der Waals surface area contributed by atoms with Crippen LogP contribution in [-0.4, -0.2) is 43.0 Å². The van der Waals surface area contributed by atoms with Gasteiger partial charge >= 0.3 is 12.1 Å². The van der Waals surface area contributed by atoms with Crippen LogP contribution >= 0.6 is 0 Å². The van der Waals surface area contributed by atoms with Crippen LogP contribution in [0.15, 0.2) is 24.3 Å². The summed E-state index contributed by atoms with van der Waals surface area (Å²) < 4.78 is 9.31. The molecule has 0 aromatic heterocycles. The van der Waals surface area contributed by atoms with E-state index in [9.17, 15) is 24.0 Å². The fourth-order valence-corrected chi connectivity index (χ4v) is 2.17. The maximum absolute atomic E-state index is 12.0. The lowest BCUT2D eigenvalue weighted by Crippen LogP contribution is -2.34. The van der Waals surface area contributed by atoms with Crippen LogP contribution in [0.1, 0.15) is 30.1 Å². The van der Waals surface area contributed by atoms with E-state index in [1.807, 2.05) is 5.32 Å². The molecule has 9 nitrogen and oxygen atoms in total. The molecule has 1 heterocycles. The minimum absolute atomic E-state index is 0.0638. The molecule has 132 valence electrons. The first-order chi connectivity index (χ1) is 11.9. The Bertz CT molecular complexity index is 713. The van der Waals surface area contributed by atoms with Crippen molar-refractivity contribution in [3.8, 4) is 0 Å². The third kappa shape index (κ3) is 4.63. The number of nitrogens with one attached hydrogen (secondary N) is 1. The molecule has 0 bridgehead atoms. The van der Waals surface area contributed by atoms with Crippen LogP contribution in [0.4, 0.5) is 10.5 Å². The Hall–Kier alpha value is -3.23. The fourth-order valence-electron chi connectivity index (χ4n) is 2.17. The summed E-state index contributed by atoms with van der Waals surface area (Å²) in [7, 11) is 0. The van der Waals surface area contributed by atoms with E-state index >= 15 is 0 Å². The number of hydrogen-bond donors (Lipinski definition) is 1.